The minimum absolute atomic E-state index is 0.179. The normalized spacial score (nSPS) is 18.6. The first-order valence-electron chi connectivity index (χ1n) is 6.75. The Hall–Kier alpha value is -1.17. The molecular weight excluding hydrogens is 245 g/mol. The summed E-state index contributed by atoms with van der Waals surface area (Å²) in [5.41, 5.74) is 7.81. The summed E-state index contributed by atoms with van der Waals surface area (Å²) < 4.78 is 13.3. The number of hydrogen-bond acceptors (Lipinski definition) is 4. The zero-order valence-corrected chi connectivity index (χ0v) is 11.3. The standard InChI is InChI=1S/C14H22FN3O/c1-11(16)13-10-12(15)2-3-14(13)18-6-4-17(5-7-18)8-9-19/h2-3,10-11,19H,4-9,16H2,1H3/t11-/m0/s1. The van der Waals surface area contributed by atoms with Gasteiger partial charge in [-0.05, 0) is 30.7 Å². The number of aliphatic hydroxyl groups excluding tert-OH is 1. The molecule has 0 aliphatic carbocycles. The van der Waals surface area contributed by atoms with Gasteiger partial charge in [0.05, 0.1) is 6.61 Å². The number of halogens is 1. The van der Waals surface area contributed by atoms with E-state index in [1.54, 1.807) is 0 Å². The summed E-state index contributed by atoms with van der Waals surface area (Å²) in [5.74, 6) is -0.241. The Balaban J connectivity index is 2.11. The maximum atomic E-state index is 13.3. The van der Waals surface area contributed by atoms with E-state index in [1.807, 2.05) is 13.0 Å². The third-order valence-corrected chi connectivity index (χ3v) is 3.61. The summed E-state index contributed by atoms with van der Waals surface area (Å²) in [4.78, 5) is 4.47. The quantitative estimate of drug-likeness (QED) is 0.853. The average molecular weight is 267 g/mol. The lowest BCUT2D eigenvalue weighted by Gasteiger charge is -2.37. The molecule has 1 saturated heterocycles. The van der Waals surface area contributed by atoms with Gasteiger partial charge >= 0.3 is 0 Å². The van der Waals surface area contributed by atoms with Crippen LogP contribution in [0.4, 0.5) is 10.1 Å². The second-order valence-electron chi connectivity index (χ2n) is 5.04. The minimum atomic E-state index is -0.241. The van der Waals surface area contributed by atoms with Crippen molar-refractivity contribution in [3.8, 4) is 0 Å². The number of piperazine rings is 1. The molecule has 3 N–H and O–H groups in total. The van der Waals surface area contributed by atoms with Gasteiger partial charge in [-0.15, -0.1) is 0 Å². The van der Waals surface area contributed by atoms with Crippen LogP contribution in [0.25, 0.3) is 0 Å². The molecule has 1 aliphatic heterocycles. The molecule has 1 aliphatic rings. The molecule has 0 radical (unpaired) electrons. The summed E-state index contributed by atoms with van der Waals surface area (Å²) in [5, 5.41) is 8.94. The van der Waals surface area contributed by atoms with Crippen LogP contribution in [0.5, 0.6) is 0 Å². The number of nitrogens with two attached hydrogens (primary N) is 1. The molecule has 1 heterocycles. The van der Waals surface area contributed by atoms with Gasteiger partial charge in [0.15, 0.2) is 0 Å². The highest BCUT2D eigenvalue weighted by Crippen LogP contribution is 2.27. The molecule has 1 fully saturated rings. The summed E-state index contributed by atoms with van der Waals surface area (Å²) in [6.45, 7) is 6.38. The third kappa shape index (κ3) is 3.43. The van der Waals surface area contributed by atoms with E-state index >= 15 is 0 Å². The molecule has 106 valence electrons. The van der Waals surface area contributed by atoms with Crippen molar-refractivity contribution in [2.24, 2.45) is 5.73 Å². The molecule has 0 unspecified atom stereocenters. The SMILES string of the molecule is C[C@H](N)c1cc(F)ccc1N1CCN(CCO)CC1. The average Bonchev–Trinajstić information content (AvgIpc) is 2.40. The van der Waals surface area contributed by atoms with E-state index in [-0.39, 0.29) is 18.5 Å². The summed E-state index contributed by atoms with van der Waals surface area (Å²) >= 11 is 0. The van der Waals surface area contributed by atoms with Gasteiger partial charge < -0.3 is 15.7 Å². The Labute approximate surface area is 113 Å². The van der Waals surface area contributed by atoms with Crippen molar-refractivity contribution < 1.29 is 9.50 Å². The fraction of sp³-hybridized carbons (Fsp3) is 0.571. The number of anilines is 1. The van der Waals surface area contributed by atoms with Gasteiger partial charge in [-0.2, -0.15) is 0 Å². The minimum Gasteiger partial charge on any atom is -0.395 e. The van der Waals surface area contributed by atoms with Crippen molar-refractivity contribution in [1.82, 2.24) is 4.90 Å². The first-order valence-corrected chi connectivity index (χ1v) is 6.75. The topological polar surface area (TPSA) is 52.7 Å². The first-order chi connectivity index (χ1) is 9.11. The van der Waals surface area contributed by atoms with Crippen molar-refractivity contribution in [2.75, 3.05) is 44.2 Å². The van der Waals surface area contributed by atoms with Gasteiger partial charge in [0.1, 0.15) is 5.82 Å². The van der Waals surface area contributed by atoms with Crippen LogP contribution in [0.15, 0.2) is 18.2 Å². The maximum absolute atomic E-state index is 13.3. The second-order valence-corrected chi connectivity index (χ2v) is 5.04. The largest absolute Gasteiger partial charge is 0.395 e. The molecule has 0 aromatic heterocycles. The van der Waals surface area contributed by atoms with E-state index in [4.69, 9.17) is 10.8 Å². The van der Waals surface area contributed by atoms with Gasteiger partial charge in [-0.25, -0.2) is 4.39 Å². The molecule has 1 aromatic rings. The van der Waals surface area contributed by atoms with Crippen LogP contribution in [0.1, 0.15) is 18.5 Å². The summed E-state index contributed by atoms with van der Waals surface area (Å²) in [6, 6.07) is 4.65. The molecule has 0 spiro atoms. The lowest BCUT2D eigenvalue weighted by Crippen LogP contribution is -2.47. The van der Waals surface area contributed by atoms with Crippen LogP contribution in [0.2, 0.25) is 0 Å². The second kappa shape index (κ2) is 6.32. The van der Waals surface area contributed by atoms with Crippen LogP contribution in [0, 0.1) is 5.82 Å². The number of β-amino-alcohol motifs (C(OH)–C–C–N with tert-alkyl or cyclic N) is 1. The predicted molar refractivity (Wildman–Crippen MR) is 74.7 cm³/mol. The number of aliphatic hydroxyl groups is 1. The third-order valence-electron chi connectivity index (χ3n) is 3.61. The van der Waals surface area contributed by atoms with E-state index in [0.29, 0.717) is 0 Å². The zero-order valence-electron chi connectivity index (χ0n) is 11.3. The molecule has 1 aromatic carbocycles. The van der Waals surface area contributed by atoms with Gasteiger partial charge in [0, 0.05) is 44.5 Å². The summed E-state index contributed by atoms with van der Waals surface area (Å²) in [7, 11) is 0. The van der Waals surface area contributed by atoms with Crippen molar-refractivity contribution in [1.29, 1.82) is 0 Å². The van der Waals surface area contributed by atoms with Crippen LogP contribution < -0.4 is 10.6 Å². The number of benzene rings is 1. The Bertz CT molecular complexity index is 417. The van der Waals surface area contributed by atoms with Crippen molar-refractivity contribution >= 4 is 5.69 Å². The maximum Gasteiger partial charge on any atom is 0.123 e. The van der Waals surface area contributed by atoms with Crippen LogP contribution in [-0.4, -0.2) is 49.3 Å². The van der Waals surface area contributed by atoms with E-state index in [9.17, 15) is 4.39 Å². The molecular formula is C14H22FN3O. The molecule has 4 nitrogen and oxygen atoms in total. The zero-order chi connectivity index (χ0) is 13.8. The molecule has 0 amide bonds. The highest BCUT2D eigenvalue weighted by atomic mass is 19.1. The van der Waals surface area contributed by atoms with Crippen molar-refractivity contribution in [3.63, 3.8) is 0 Å². The van der Waals surface area contributed by atoms with E-state index in [0.717, 1.165) is 44.0 Å². The summed E-state index contributed by atoms with van der Waals surface area (Å²) in [6.07, 6.45) is 0. The Morgan fingerprint density at radius 1 is 1.32 bits per heavy atom. The van der Waals surface area contributed by atoms with Gasteiger partial charge in [-0.1, -0.05) is 0 Å². The molecule has 19 heavy (non-hydrogen) atoms. The fourth-order valence-electron chi connectivity index (χ4n) is 2.53. The molecule has 2 rings (SSSR count). The Morgan fingerprint density at radius 2 is 2.00 bits per heavy atom. The van der Waals surface area contributed by atoms with Gasteiger partial charge in [-0.3, -0.25) is 4.90 Å². The van der Waals surface area contributed by atoms with Crippen molar-refractivity contribution in [2.45, 2.75) is 13.0 Å². The number of rotatable bonds is 4. The lowest BCUT2D eigenvalue weighted by molar-refractivity contribution is 0.188. The number of hydrogen-bond donors (Lipinski definition) is 2. The Kier molecular flexibility index (Phi) is 4.74. The van der Waals surface area contributed by atoms with Gasteiger partial charge in [0.25, 0.3) is 0 Å². The monoisotopic (exact) mass is 267 g/mol. The lowest BCUT2D eigenvalue weighted by atomic mass is 10.0. The molecule has 0 saturated carbocycles. The predicted octanol–water partition coefficient (Wildman–Crippen LogP) is 0.960. The van der Waals surface area contributed by atoms with Crippen molar-refractivity contribution in [3.05, 3.63) is 29.6 Å². The van der Waals surface area contributed by atoms with E-state index in [2.05, 4.69) is 9.80 Å². The molecule has 1 atom stereocenters. The highest BCUT2D eigenvalue weighted by molar-refractivity contribution is 5.55. The van der Waals surface area contributed by atoms with Gasteiger partial charge in [0.2, 0.25) is 0 Å². The molecule has 0 bridgehead atoms. The fourth-order valence-corrected chi connectivity index (χ4v) is 2.53. The van der Waals surface area contributed by atoms with E-state index < -0.39 is 0 Å². The van der Waals surface area contributed by atoms with Crippen LogP contribution in [0.3, 0.4) is 0 Å². The molecule has 5 heteroatoms. The van der Waals surface area contributed by atoms with Crippen LogP contribution in [-0.2, 0) is 0 Å². The number of nitrogens with zero attached hydrogens (tertiary/aromatic N) is 2. The highest BCUT2D eigenvalue weighted by Gasteiger charge is 2.20. The van der Waals surface area contributed by atoms with E-state index in [1.165, 1.54) is 12.1 Å². The Morgan fingerprint density at radius 3 is 2.58 bits per heavy atom. The van der Waals surface area contributed by atoms with Crippen LogP contribution >= 0.6 is 0 Å². The first kappa shape index (κ1) is 14.2. The smallest absolute Gasteiger partial charge is 0.123 e.